The topological polar surface area (TPSA) is 37.0 Å². The molecular weight excluding hydrogens is 366 g/mol. The van der Waals surface area contributed by atoms with Gasteiger partial charge in [-0.05, 0) is 41.9 Å². The van der Waals surface area contributed by atoms with Gasteiger partial charge in [0.2, 0.25) is 0 Å². The number of nitrogens with zero attached hydrogens (tertiary/aromatic N) is 1. The van der Waals surface area contributed by atoms with E-state index in [9.17, 15) is 0 Å². The summed E-state index contributed by atoms with van der Waals surface area (Å²) in [5.74, 6) is 1.32. The molecule has 30 heavy (non-hydrogen) atoms. The molecule has 0 fully saturated rings. The number of hydrogen-bond acceptors (Lipinski definition) is 3. The molecule has 3 aromatic rings. The van der Waals surface area contributed by atoms with Crippen LogP contribution in [0.4, 0.5) is 5.82 Å². The summed E-state index contributed by atoms with van der Waals surface area (Å²) in [6, 6.07) is 21.0. The fourth-order valence-corrected chi connectivity index (χ4v) is 3.48. The van der Waals surface area contributed by atoms with Gasteiger partial charge in [0.05, 0.1) is 0 Å². The first-order valence-corrected chi connectivity index (χ1v) is 10.9. The van der Waals surface area contributed by atoms with E-state index >= 15 is 0 Å². The molecular formula is C27H33N3. The third kappa shape index (κ3) is 5.73. The molecule has 1 unspecified atom stereocenters. The minimum Gasteiger partial charge on any atom is -0.388 e. The number of rotatable bonds is 10. The zero-order valence-electron chi connectivity index (χ0n) is 18.4. The van der Waals surface area contributed by atoms with Crippen LogP contribution in [0.3, 0.4) is 0 Å². The molecule has 0 aliphatic heterocycles. The number of hydrogen-bond donors (Lipinski definition) is 2. The molecule has 0 aliphatic carbocycles. The Morgan fingerprint density at radius 1 is 1.07 bits per heavy atom. The first kappa shape index (κ1) is 21.6. The van der Waals surface area contributed by atoms with Gasteiger partial charge in [-0.1, -0.05) is 81.9 Å². The Morgan fingerprint density at radius 3 is 2.53 bits per heavy atom. The Morgan fingerprint density at radius 2 is 1.80 bits per heavy atom. The van der Waals surface area contributed by atoms with E-state index in [4.69, 9.17) is 4.98 Å². The standard InChI is InChI=1S/C27H33N3/c1-5-16-28-26(20(3)6-2)17-21(4)29-27-25-15-11-10-14-23(25)19-24(30-27)18-22-12-8-7-9-13-22/h7-15,17,19-20,28H,4-6,16,18H2,1-3H3,(H,29,30)/b26-17-. The van der Waals surface area contributed by atoms with E-state index in [0.717, 1.165) is 48.4 Å². The lowest BCUT2D eigenvalue weighted by molar-refractivity contribution is 0.583. The van der Waals surface area contributed by atoms with Crippen molar-refractivity contribution in [2.75, 3.05) is 11.9 Å². The van der Waals surface area contributed by atoms with Crippen molar-refractivity contribution in [3.8, 4) is 0 Å². The lowest BCUT2D eigenvalue weighted by atomic mass is 10.0. The van der Waals surface area contributed by atoms with E-state index in [1.807, 2.05) is 6.07 Å². The Labute approximate surface area is 180 Å². The van der Waals surface area contributed by atoms with Gasteiger partial charge in [0.1, 0.15) is 5.82 Å². The van der Waals surface area contributed by atoms with Crippen molar-refractivity contribution in [1.29, 1.82) is 0 Å². The fraction of sp³-hybridized carbons (Fsp3) is 0.296. The molecule has 3 nitrogen and oxygen atoms in total. The number of nitrogens with one attached hydrogen (secondary N) is 2. The summed E-state index contributed by atoms with van der Waals surface area (Å²) in [5.41, 5.74) is 4.38. The summed E-state index contributed by atoms with van der Waals surface area (Å²) < 4.78 is 0. The number of benzene rings is 2. The zero-order valence-corrected chi connectivity index (χ0v) is 18.4. The third-order valence-corrected chi connectivity index (χ3v) is 5.35. The van der Waals surface area contributed by atoms with E-state index in [2.05, 4.69) is 98.7 Å². The predicted octanol–water partition coefficient (Wildman–Crippen LogP) is 6.68. The van der Waals surface area contributed by atoms with Crippen LogP contribution >= 0.6 is 0 Å². The third-order valence-electron chi connectivity index (χ3n) is 5.35. The highest BCUT2D eigenvalue weighted by Gasteiger charge is 2.10. The van der Waals surface area contributed by atoms with E-state index in [1.54, 1.807) is 0 Å². The molecule has 3 heteroatoms. The van der Waals surface area contributed by atoms with Gasteiger partial charge in [-0.3, -0.25) is 0 Å². The van der Waals surface area contributed by atoms with Gasteiger partial charge >= 0.3 is 0 Å². The molecule has 0 aliphatic rings. The van der Waals surface area contributed by atoms with Crippen molar-refractivity contribution in [3.05, 3.63) is 96.0 Å². The van der Waals surface area contributed by atoms with Crippen molar-refractivity contribution < 1.29 is 0 Å². The lowest BCUT2D eigenvalue weighted by Gasteiger charge is -2.18. The monoisotopic (exact) mass is 399 g/mol. The molecule has 1 aromatic heterocycles. The number of aromatic nitrogens is 1. The Balaban J connectivity index is 1.90. The molecule has 0 amide bonds. The molecule has 0 spiro atoms. The summed E-state index contributed by atoms with van der Waals surface area (Å²) in [6.07, 6.45) is 5.12. The molecule has 2 aromatic carbocycles. The van der Waals surface area contributed by atoms with Crippen molar-refractivity contribution in [2.24, 2.45) is 5.92 Å². The van der Waals surface area contributed by atoms with Crippen LogP contribution in [0.2, 0.25) is 0 Å². The fourth-order valence-electron chi connectivity index (χ4n) is 3.48. The van der Waals surface area contributed by atoms with Crippen molar-refractivity contribution in [2.45, 2.75) is 40.0 Å². The van der Waals surface area contributed by atoms with E-state index < -0.39 is 0 Å². The first-order chi connectivity index (χ1) is 14.6. The number of anilines is 1. The van der Waals surface area contributed by atoms with E-state index in [0.29, 0.717) is 5.92 Å². The largest absolute Gasteiger partial charge is 0.388 e. The van der Waals surface area contributed by atoms with Gasteiger partial charge in [-0.2, -0.15) is 0 Å². The van der Waals surface area contributed by atoms with E-state index in [-0.39, 0.29) is 0 Å². The Bertz CT molecular complexity index is 1010. The predicted molar refractivity (Wildman–Crippen MR) is 130 cm³/mol. The molecule has 156 valence electrons. The summed E-state index contributed by atoms with van der Waals surface area (Å²) in [6.45, 7) is 11.9. The molecule has 0 bridgehead atoms. The molecule has 0 radical (unpaired) electrons. The SMILES string of the molecule is C=C(/C=C(\NCCC)C(C)CC)Nc1nc(Cc2ccccc2)cc2ccccc12. The smallest absolute Gasteiger partial charge is 0.138 e. The normalized spacial score (nSPS) is 12.6. The second kappa shape index (κ2) is 10.6. The van der Waals surface area contributed by atoms with Crippen LogP contribution in [0.5, 0.6) is 0 Å². The van der Waals surface area contributed by atoms with Crippen LogP contribution < -0.4 is 10.6 Å². The molecule has 0 saturated carbocycles. The van der Waals surface area contributed by atoms with Gasteiger partial charge in [0.15, 0.2) is 0 Å². The lowest BCUT2D eigenvalue weighted by Crippen LogP contribution is -2.20. The number of fused-ring (bicyclic) bond motifs is 1. The van der Waals surface area contributed by atoms with E-state index in [1.165, 1.54) is 16.6 Å². The van der Waals surface area contributed by atoms with Crippen LogP contribution in [0.1, 0.15) is 44.9 Å². The highest BCUT2D eigenvalue weighted by atomic mass is 15.0. The van der Waals surface area contributed by atoms with Gasteiger partial charge in [-0.25, -0.2) is 4.98 Å². The molecule has 1 atom stereocenters. The van der Waals surface area contributed by atoms with Crippen LogP contribution in [0, 0.1) is 5.92 Å². The van der Waals surface area contributed by atoms with Crippen LogP contribution in [-0.2, 0) is 6.42 Å². The second-order valence-corrected chi connectivity index (χ2v) is 7.83. The second-order valence-electron chi connectivity index (χ2n) is 7.83. The Kier molecular flexibility index (Phi) is 7.67. The molecule has 1 heterocycles. The minimum absolute atomic E-state index is 0.462. The summed E-state index contributed by atoms with van der Waals surface area (Å²) >= 11 is 0. The maximum Gasteiger partial charge on any atom is 0.138 e. The number of allylic oxidation sites excluding steroid dienone is 2. The summed E-state index contributed by atoms with van der Waals surface area (Å²) in [4.78, 5) is 4.95. The molecule has 3 rings (SSSR count). The maximum atomic E-state index is 4.95. The summed E-state index contributed by atoms with van der Waals surface area (Å²) in [5, 5.41) is 9.32. The van der Waals surface area contributed by atoms with Crippen molar-refractivity contribution >= 4 is 16.6 Å². The minimum atomic E-state index is 0.462. The first-order valence-electron chi connectivity index (χ1n) is 10.9. The molecule has 0 saturated heterocycles. The van der Waals surface area contributed by atoms with Crippen LogP contribution in [-0.4, -0.2) is 11.5 Å². The van der Waals surface area contributed by atoms with Crippen LogP contribution in [0.25, 0.3) is 10.8 Å². The van der Waals surface area contributed by atoms with Gasteiger partial charge in [0.25, 0.3) is 0 Å². The van der Waals surface area contributed by atoms with Crippen LogP contribution in [0.15, 0.2) is 84.7 Å². The highest BCUT2D eigenvalue weighted by Crippen LogP contribution is 2.25. The highest BCUT2D eigenvalue weighted by molar-refractivity contribution is 5.92. The molecule has 2 N–H and O–H groups in total. The quantitative estimate of drug-likeness (QED) is 0.373. The zero-order chi connectivity index (χ0) is 21.3. The average Bonchev–Trinajstić information content (AvgIpc) is 2.76. The Hall–Kier alpha value is -3.07. The van der Waals surface area contributed by atoms with Crippen molar-refractivity contribution in [1.82, 2.24) is 10.3 Å². The van der Waals surface area contributed by atoms with Gasteiger partial charge in [0, 0.05) is 35.4 Å². The average molecular weight is 400 g/mol. The summed E-state index contributed by atoms with van der Waals surface area (Å²) in [7, 11) is 0. The van der Waals surface area contributed by atoms with Gasteiger partial charge < -0.3 is 10.6 Å². The van der Waals surface area contributed by atoms with Crippen molar-refractivity contribution in [3.63, 3.8) is 0 Å². The van der Waals surface area contributed by atoms with Gasteiger partial charge in [-0.15, -0.1) is 0 Å². The number of pyridine rings is 1. The maximum absolute atomic E-state index is 4.95.